The van der Waals surface area contributed by atoms with Crippen LogP contribution in [0.25, 0.3) is 0 Å². The molecule has 1 aliphatic heterocycles. The summed E-state index contributed by atoms with van der Waals surface area (Å²) in [4.78, 5) is 44.6. The first-order chi connectivity index (χ1) is 8.93. The fourth-order valence-corrected chi connectivity index (χ4v) is 1.70. The summed E-state index contributed by atoms with van der Waals surface area (Å²) in [5.41, 5.74) is 0. The molecule has 0 saturated carbocycles. The molecule has 106 valence electrons. The molecule has 8 nitrogen and oxygen atoms in total. The van der Waals surface area contributed by atoms with E-state index in [2.05, 4.69) is 15.4 Å². The SMILES string of the molecule is COC(=O)CC[C@@H](NC(=O)[C@H]1CCC(=O)N1)C(=O)O. The van der Waals surface area contributed by atoms with E-state index in [1.54, 1.807) is 0 Å². The van der Waals surface area contributed by atoms with Gasteiger partial charge in [-0.2, -0.15) is 0 Å². The van der Waals surface area contributed by atoms with Crippen molar-refractivity contribution in [3.05, 3.63) is 0 Å². The molecule has 1 rings (SSSR count). The van der Waals surface area contributed by atoms with E-state index < -0.39 is 29.9 Å². The molecule has 2 atom stereocenters. The van der Waals surface area contributed by atoms with Crippen LogP contribution in [-0.4, -0.2) is 48.1 Å². The van der Waals surface area contributed by atoms with Gasteiger partial charge in [-0.25, -0.2) is 4.79 Å². The highest BCUT2D eigenvalue weighted by Gasteiger charge is 2.30. The first-order valence-electron chi connectivity index (χ1n) is 5.83. The smallest absolute Gasteiger partial charge is 0.326 e. The zero-order valence-corrected chi connectivity index (χ0v) is 10.5. The number of carbonyl (C=O) groups excluding carboxylic acids is 3. The Balaban J connectivity index is 2.48. The van der Waals surface area contributed by atoms with Gasteiger partial charge in [0.2, 0.25) is 11.8 Å². The number of hydrogen-bond donors (Lipinski definition) is 3. The summed E-state index contributed by atoms with van der Waals surface area (Å²) < 4.78 is 4.40. The molecule has 0 spiro atoms. The molecular weight excluding hydrogens is 256 g/mol. The molecule has 0 aromatic rings. The van der Waals surface area contributed by atoms with Crippen LogP contribution in [0, 0.1) is 0 Å². The van der Waals surface area contributed by atoms with Gasteiger partial charge in [-0.15, -0.1) is 0 Å². The summed E-state index contributed by atoms with van der Waals surface area (Å²) >= 11 is 0. The predicted molar refractivity (Wildman–Crippen MR) is 62.0 cm³/mol. The molecule has 0 radical (unpaired) electrons. The van der Waals surface area contributed by atoms with Crippen LogP contribution >= 0.6 is 0 Å². The molecule has 3 N–H and O–H groups in total. The molecule has 1 heterocycles. The molecule has 1 saturated heterocycles. The highest BCUT2D eigenvalue weighted by atomic mass is 16.5. The van der Waals surface area contributed by atoms with Crippen LogP contribution < -0.4 is 10.6 Å². The summed E-state index contributed by atoms with van der Waals surface area (Å²) in [7, 11) is 1.20. The zero-order valence-electron chi connectivity index (χ0n) is 10.5. The number of nitrogens with one attached hydrogen (secondary N) is 2. The zero-order chi connectivity index (χ0) is 14.4. The Morgan fingerprint density at radius 1 is 1.53 bits per heavy atom. The molecule has 0 bridgehead atoms. The van der Waals surface area contributed by atoms with Crippen LogP contribution in [0.5, 0.6) is 0 Å². The van der Waals surface area contributed by atoms with Crippen LogP contribution in [-0.2, 0) is 23.9 Å². The number of methoxy groups -OCH3 is 1. The number of ether oxygens (including phenoxy) is 1. The normalized spacial score (nSPS) is 19.4. The first-order valence-corrected chi connectivity index (χ1v) is 5.83. The number of esters is 1. The van der Waals surface area contributed by atoms with E-state index in [4.69, 9.17) is 5.11 Å². The van der Waals surface area contributed by atoms with Gasteiger partial charge in [-0.05, 0) is 12.8 Å². The summed E-state index contributed by atoms with van der Waals surface area (Å²) in [5, 5.41) is 13.7. The number of carboxylic acid groups (broad SMARTS) is 1. The Hall–Kier alpha value is -2.12. The Labute approximate surface area is 109 Å². The van der Waals surface area contributed by atoms with E-state index >= 15 is 0 Å². The third-order valence-corrected chi connectivity index (χ3v) is 2.79. The lowest BCUT2D eigenvalue weighted by Crippen LogP contribution is -2.48. The van der Waals surface area contributed by atoms with Crippen molar-refractivity contribution in [1.29, 1.82) is 0 Å². The minimum Gasteiger partial charge on any atom is -0.480 e. The second-order valence-electron chi connectivity index (χ2n) is 4.17. The fourth-order valence-electron chi connectivity index (χ4n) is 1.70. The Morgan fingerprint density at radius 2 is 2.21 bits per heavy atom. The number of carboxylic acids is 1. The Morgan fingerprint density at radius 3 is 2.68 bits per heavy atom. The van der Waals surface area contributed by atoms with Crippen LogP contribution in [0.3, 0.4) is 0 Å². The molecule has 1 fully saturated rings. The van der Waals surface area contributed by atoms with Crippen molar-refractivity contribution in [3.63, 3.8) is 0 Å². The number of carbonyl (C=O) groups is 4. The minimum absolute atomic E-state index is 0.0611. The van der Waals surface area contributed by atoms with Gasteiger partial charge >= 0.3 is 11.9 Å². The highest BCUT2D eigenvalue weighted by Crippen LogP contribution is 2.08. The topological polar surface area (TPSA) is 122 Å². The van der Waals surface area contributed by atoms with E-state index in [0.29, 0.717) is 6.42 Å². The number of rotatable bonds is 6. The number of aliphatic carboxylic acids is 1. The molecule has 19 heavy (non-hydrogen) atoms. The van der Waals surface area contributed by atoms with Crippen molar-refractivity contribution in [2.45, 2.75) is 37.8 Å². The summed E-state index contributed by atoms with van der Waals surface area (Å²) in [6, 6.07) is -1.88. The van der Waals surface area contributed by atoms with E-state index in [0.717, 1.165) is 0 Å². The summed E-state index contributed by atoms with van der Waals surface area (Å²) in [5.74, 6) is -2.57. The first kappa shape index (κ1) is 14.9. The summed E-state index contributed by atoms with van der Waals surface area (Å²) in [6.45, 7) is 0. The molecule has 0 aromatic heterocycles. The van der Waals surface area contributed by atoms with Gasteiger partial charge in [0, 0.05) is 12.8 Å². The van der Waals surface area contributed by atoms with Crippen molar-refractivity contribution < 1.29 is 29.0 Å². The Bertz CT molecular complexity index is 395. The largest absolute Gasteiger partial charge is 0.480 e. The molecule has 8 heteroatoms. The van der Waals surface area contributed by atoms with Gasteiger partial charge < -0.3 is 20.5 Å². The third-order valence-electron chi connectivity index (χ3n) is 2.79. The maximum absolute atomic E-state index is 11.7. The van der Waals surface area contributed by atoms with Gasteiger partial charge in [-0.1, -0.05) is 0 Å². The van der Waals surface area contributed by atoms with Crippen molar-refractivity contribution in [2.75, 3.05) is 7.11 Å². The number of amides is 2. The lowest BCUT2D eigenvalue weighted by molar-refractivity contribution is -0.144. The van der Waals surface area contributed by atoms with Gasteiger partial charge in [-0.3, -0.25) is 14.4 Å². The van der Waals surface area contributed by atoms with E-state index in [-0.39, 0.29) is 25.2 Å². The second-order valence-corrected chi connectivity index (χ2v) is 4.17. The van der Waals surface area contributed by atoms with Crippen molar-refractivity contribution in [2.24, 2.45) is 0 Å². The average molecular weight is 272 g/mol. The summed E-state index contributed by atoms with van der Waals surface area (Å²) in [6.07, 6.45) is 0.422. The van der Waals surface area contributed by atoms with E-state index in [1.807, 2.05) is 0 Å². The minimum atomic E-state index is -1.23. The van der Waals surface area contributed by atoms with Crippen molar-refractivity contribution >= 4 is 23.8 Å². The average Bonchev–Trinajstić information content (AvgIpc) is 2.80. The second kappa shape index (κ2) is 6.72. The van der Waals surface area contributed by atoms with Crippen LogP contribution in [0.15, 0.2) is 0 Å². The fraction of sp³-hybridized carbons (Fsp3) is 0.636. The molecule has 1 aliphatic rings. The van der Waals surface area contributed by atoms with Crippen molar-refractivity contribution in [1.82, 2.24) is 10.6 Å². The van der Waals surface area contributed by atoms with Crippen molar-refractivity contribution in [3.8, 4) is 0 Å². The molecule has 2 amide bonds. The monoisotopic (exact) mass is 272 g/mol. The van der Waals surface area contributed by atoms with Gasteiger partial charge in [0.25, 0.3) is 0 Å². The molecule has 0 aliphatic carbocycles. The van der Waals surface area contributed by atoms with Crippen LogP contribution in [0.4, 0.5) is 0 Å². The molecule has 0 unspecified atom stereocenters. The highest BCUT2D eigenvalue weighted by molar-refractivity contribution is 5.92. The lowest BCUT2D eigenvalue weighted by Gasteiger charge is -2.16. The molecule has 0 aromatic carbocycles. The lowest BCUT2D eigenvalue weighted by atomic mass is 10.1. The third kappa shape index (κ3) is 4.57. The van der Waals surface area contributed by atoms with Crippen LogP contribution in [0.1, 0.15) is 25.7 Å². The van der Waals surface area contributed by atoms with Crippen LogP contribution in [0.2, 0.25) is 0 Å². The molecular formula is C11H16N2O6. The van der Waals surface area contributed by atoms with E-state index in [9.17, 15) is 19.2 Å². The van der Waals surface area contributed by atoms with Gasteiger partial charge in [0.15, 0.2) is 0 Å². The predicted octanol–water partition coefficient (Wildman–Crippen LogP) is -1.21. The maximum atomic E-state index is 11.7. The number of hydrogen-bond acceptors (Lipinski definition) is 5. The Kier molecular flexibility index (Phi) is 5.28. The van der Waals surface area contributed by atoms with E-state index in [1.165, 1.54) is 7.11 Å². The quantitative estimate of drug-likeness (QED) is 0.521. The standard InChI is InChI=1S/C11H16N2O6/c1-19-9(15)5-3-7(11(17)18)13-10(16)6-2-4-8(14)12-6/h6-7H,2-5H2,1H3,(H,12,14)(H,13,16)(H,17,18)/t6-,7-/m1/s1. The maximum Gasteiger partial charge on any atom is 0.326 e. The van der Waals surface area contributed by atoms with Gasteiger partial charge in [0.05, 0.1) is 7.11 Å². The van der Waals surface area contributed by atoms with Gasteiger partial charge in [0.1, 0.15) is 12.1 Å².